The van der Waals surface area contributed by atoms with Gasteiger partial charge in [-0.25, -0.2) is 0 Å². The van der Waals surface area contributed by atoms with Crippen LogP contribution in [0.5, 0.6) is 28.7 Å². The average molecular weight is 620 g/mol. The molecule has 2 atom stereocenters. The molecule has 1 aliphatic carbocycles. The smallest absolute Gasteiger partial charge is 0.242 e. The van der Waals surface area contributed by atoms with Gasteiger partial charge in [0.2, 0.25) is 23.0 Å². The van der Waals surface area contributed by atoms with E-state index < -0.39 is 12.1 Å². The van der Waals surface area contributed by atoms with Gasteiger partial charge in [0.25, 0.3) is 0 Å². The van der Waals surface area contributed by atoms with E-state index in [2.05, 4.69) is 16.0 Å². The maximum Gasteiger partial charge on any atom is 0.242 e. The minimum atomic E-state index is -0.706. The molecule has 0 bridgehead atoms. The molecule has 3 N–H and O–H groups in total. The molecule has 0 radical (unpaired) electrons. The number of hydrogen-bond acceptors (Lipinski definition) is 9. The minimum absolute atomic E-state index is 0.213. The first kappa shape index (κ1) is 33.0. The van der Waals surface area contributed by atoms with Crippen LogP contribution in [-0.4, -0.2) is 59.9 Å². The van der Waals surface area contributed by atoms with Crippen molar-refractivity contribution in [2.24, 2.45) is 0 Å². The number of aryl methyl sites for hydroxylation is 1. The number of hydrogen-bond donors (Lipinski definition) is 3. The highest BCUT2D eigenvalue weighted by molar-refractivity contribution is 5.85. The standard InChI is InChI=1S/C34H41N3O8/c1-19(34(40)35-15-14-21-8-13-28(41-3)29(16-21)42-4)36-26-12-10-23-24(18-27(26)39)25(37-20(2)38)11-9-22-17-30(43-5)32(44-6)33(45-7)31(22)23/h8,10,12-13,16-19,25H,9,11,14-15H2,1-7H3,(H,35,40)(H,36,39)(H,37,38)/t19-,25-/m0/s1. The zero-order valence-corrected chi connectivity index (χ0v) is 26.8. The lowest BCUT2D eigenvalue weighted by atomic mass is 9.95. The van der Waals surface area contributed by atoms with Crippen LogP contribution in [0.1, 0.15) is 43.0 Å². The highest BCUT2D eigenvalue weighted by Gasteiger charge is 2.29. The number of ether oxygens (including phenoxy) is 5. The van der Waals surface area contributed by atoms with Gasteiger partial charge in [-0.1, -0.05) is 12.1 Å². The molecule has 0 spiro atoms. The van der Waals surface area contributed by atoms with E-state index in [-0.39, 0.29) is 22.9 Å². The van der Waals surface area contributed by atoms with Gasteiger partial charge in [0.1, 0.15) is 6.04 Å². The monoisotopic (exact) mass is 619 g/mol. The van der Waals surface area contributed by atoms with Crippen LogP contribution in [0.2, 0.25) is 0 Å². The number of rotatable bonds is 12. The van der Waals surface area contributed by atoms with E-state index in [0.717, 1.165) is 16.7 Å². The van der Waals surface area contributed by atoms with Crippen LogP contribution in [0.3, 0.4) is 0 Å². The van der Waals surface area contributed by atoms with Crippen LogP contribution < -0.4 is 45.1 Å². The van der Waals surface area contributed by atoms with E-state index in [1.54, 1.807) is 41.4 Å². The van der Waals surface area contributed by atoms with Gasteiger partial charge < -0.3 is 39.6 Å². The van der Waals surface area contributed by atoms with Crippen molar-refractivity contribution in [1.29, 1.82) is 0 Å². The van der Waals surface area contributed by atoms with E-state index in [9.17, 15) is 14.4 Å². The summed E-state index contributed by atoms with van der Waals surface area (Å²) >= 11 is 0. The number of anilines is 1. The van der Waals surface area contributed by atoms with E-state index in [1.165, 1.54) is 20.1 Å². The first-order valence-corrected chi connectivity index (χ1v) is 14.7. The zero-order valence-electron chi connectivity index (χ0n) is 26.8. The SMILES string of the molecule is COc1ccc(CCNC(=O)[C@H](C)Nc2ccc3c(cc2=O)[C@@H](NC(C)=O)CCc2cc(OC)c(OC)c(OC)c2-3)cc1OC. The summed E-state index contributed by atoms with van der Waals surface area (Å²) in [6.45, 7) is 3.53. The Morgan fingerprint density at radius 3 is 2.22 bits per heavy atom. The number of methoxy groups -OCH3 is 5. The van der Waals surface area contributed by atoms with Gasteiger partial charge >= 0.3 is 0 Å². The Morgan fingerprint density at radius 1 is 0.867 bits per heavy atom. The molecule has 0 aromatic heterocycles. The third-order valence-corrected chi connectivity index (χ3v) is 7.84. The Bertz CT molecular complexity index is 1620. The molecule has 45 heavy (non-hydrogen) atoms. The normalized spacial score (nSPS) is 14.1. The summed E-state index contributed by atoms with van der Waals surface area (Å²) in [5.74, 6) is 2.19. The van der Waals surface area contributed by atoms with E-state index in [0.29, 0.717) is 65.7 Å². The van der Waals surface area contributed by atoms with Crippen molar-refractivity contribution in [2.75, 3.05) is 47.4 Å². The van der Waals surface area contributed by atoms with Crippen molar-refractivity contribution in [3.05, 3.63) is 69.4 Å². The molecule has 4 rings (SSSR count). The molecule has 11 heteroatoms. The van der Waals surface area contributed by atoms with Crippen molar-refractivity contribution in [1.82, 2.24) is 10.6 Å². The number of fused-ring (bicyclic) bond motifs is 3. The van der Waals surface area contributed by atoms with Crippen molar-refractivity contribution in [3.63, 3.8) is 0 Å². The van der Waals surface area contributed by atoms with Crippen LogP contribution in [-0.2, 0) is 22.4 Å². The number of carbonyl (C=O) groups is 2. The van der Waals surface area contributed by atoms with Gasteiger partial charge in [-0.15, -0.1) is 0 Å². The molecular weight excluding hydrogens is 578 g/mol. The Morgan fingerprint density at radius 2 is 1.58 bits per heavy atom. The molecule has 1 aliphatic rings. The predicted molar refractivity (Wildman–Crippen MR) is 172 cm³/mol. The molecule has 0 unspecified atom stereocenters. The molecule has 0 heterocycles. The maximum atomic E-state index is 13.6. The summed E-state index contributed by atoms with van der Waals surface area (Å²) in [5, 5.41) is 8.99. The van der Waals surface area contributed by atoms with Crippen LogP contribution >= 0.6 is 0 Å². The molecule has 0 fully saturated rings. The molecule has 2 amide bonds. The van der Waals surface area contributed by atoms with Gasteiger partial charge in [0.05, 0.1) is 47.3 Å². The third kappa shape index (κ3) is 7.25. The summed E-state index contributed by atoms with van der Waals surface area (Å²) in [6.07, 6.45) is 1.72. The van der Waals surface area contributed by atoms with Gasteiger partial charge in [-0.3, -0.25) is 14.4 Å². The Hall–Kier alpha value is -4.93. The van der Waals surface area contributed by atoms with Crippen molar-refractivity contribution in [2.45, 2.75) is 45.2 Å². The average Bonchev–Trinajstić information content (AvgIpc) is 3.27. The molecule has 0 saturated carbocycles. The van der Waals surface area contributed by atoms with Crippen molar-refractivity contribution < 1.29 is 33.3 Å². The minimum Gasteiger partial charge on any atom is -0.493 e. The zero-order chi connectivity index (χ0) is 32.7. The predicted octanol–water partition coefficient (Wildman–Crippen LogP) is 4.04. The summed E-state index contributed by atoms with van der Waals surface area (Å²) in [6, 6.07) is 11.4. The second-order valence-corrected chi connectivity index (χ2v) is 10.7. The van der Waals surface area contributed by atoms with Crippen LogP contribution in [0.4, 0.5) is 5.69 Å². The third-order valence-electron chi connectivity index (χ3n) is 7.84. The second-order valence-electron chi connectivity index (χ2n) is 10.7. The van der Waals surface area contributed by atoms with Gasteiger partial charge in [-0.05, 0) is 78.8 Å². The molecule has 11 nitrogen and oxygen atoms in total. The Balaban J connectivity index is 1.63. The van der Waals surface area contributed by atoms with Crippen molar-refractivity contribution >= 4 is 17.5 Å². The van der Waals surface area contributed by atoms with E-state index in [1.807, 2.05) is 30.3 Å². The quantitative estimate of drug-likeness (QED) is 0.275. The number of benzene rings is 2. The van der Waals surface area contributed by atoms with Gasteiger partial charge in [0, 0.05) is 19.0 Å². The highest BCUT2D eigenvalue weighted by Crippen LogP contribution is 2.50. The summed E-state index contributed by atoms with van der Waals surface area (Å²) in [5.41, 5.74) is 3.92. The first-order chi connectivity index (χ1) is 21.6. The lowest BCUT2D eigenvalue weighted by Crippen LogP contribution is -2.39. The second kappa shape index (κ2) is 14.7. The van der Waals surface area contributed by atoms with Gasteiger partial charge in [0.15, 0.2) is 23.0 Å². The van der Waals surface area contributed by atoms with E-state index in [4.69, 9.17) is 23.7 Å². The Kier molecular flexibility index (Phi) is 10.8. The largest absolute Gasteiger partial charge is 0.493 e. The number of nitrogens with one attached hydrogen (secondary N) is 3. The van der Waals surface area contributed by atoms with Crippen LogP contribution in [0.25, 0.3) is 11.1 Å². The molecule has 3 aromatic carbocycles. The van der Waals surface area contributed by atoms with Crippen molar-refractivity contribution in [3.8, 4) is 39.9 Å². The molecule has 0 aliphatic heterocycles. The molecular formula is C34H41N3O8. The number of amides is 2. The summed E-state index contributed by atoms with van der Waals surface area (Å²) in [7, 11) is 7.80. The fourth-order valence-corrected chi connectivity index (χ4v) is 5.65. The summed E-state index contributed by atoms with van der Waals surface area (Å²) in [4.78, 5) is 38.8. The Labute approximate surface area is 263 Å². The maximum absolute atomic E-state index is 13.6. The lowest BCUT2D eigenvalue weighted by Gasteiger charge is -2.19. The first-order valence-electron chi connectivity index (χ1n) is 14.7. The number of carbonyl (C=O) groups excluding carboxylic acids is 2. The molecule has 3 aromatic rings. The van der Waals surface area contributed by atoms with Crippen LogP contribution in [0.15, 0.2) is 47.3 Å². The fraction of sp³-hybridized carbons (Fsp3) is 0.382. The van der Waals surface area contributed by atoms with Gasteiger partial charge in [-0.2, -0.15) is 0 Å². The van der Waals surface area contributed by atoms with E-state index >= 15 is 0 Å². The topological polar surface area (TPSA) is 133 Å². The molecule has 0 saturated heterocycles. The summed E-state index contributed by atoms with van der Waals surface area (Å²) < 4.78 is 27.7. The fourth-order valence-electron chi connectivity index (χ4n) is 5.65. The highest BCUT2D eigenvalue weighted by atomic mass is 16.5. The lowest BCUT2D eigenvalue weighted by molar-refractivity contribution is -0.121. The molecule has 240 valence electrons. The van der Waals surface area contributed by atoms with Crippen LogP contribution in [0, 0.1) is 0 Å².